The van der Waals surface area contributed by atoms with E-state index in [1.165, 1.54) is 11.3 Å². The van der Waals surface area contributed by atoms with Gasteiger partial charge in [0, 0.05) is 23.7 Å². The minimum absolute atomic E-state index is 0.0400. The average molecular weight is 329 g/mol. The maximum Gasteiger partial charge on any atom is 0.242 e. The van der Waals surface area contributed by atoms with Gasteiger partial charge in [-0.2, -0.15) is 0 Å². The number of aryl methyl sites for hydroxylation is 1. The highest BCUT2D eigenvalue weighted by Crippen LogP contribution is 2.26. The summed E-state index contributed by atoms with van der Waals surface area (Å²) in [5.74, 6) is -0.146. The van der Waals surface area contributed by atoms with Crippen molar-refractivity contribution >= 4 is 28.8 Å². The molecule has 120 valence electrons. The smallest absolute Gasteiger partial charge is 0.242 e. The van der Waals surface area contributed by atoms with Crippen LogP contribution in [0.5, 0.6) is 0 Å². The van der Waals surface area contributed by atoms with Gasteiger partial charge in [0.1, 0.15) is 6.04 Å². The third kappa shape index (κ3) is 3.78. The molecule has 0 bridgehead atoms. The normalized spacial score (nSPS) is 18.5. The molecule has 0 spiro atoms. The topological polar surface area (TPSA) is 61.4 Å². The van der Waals surface area contributed by atoms with Crippen molar-refractivity contribution in [3.05, 3.63) is 52.2 Å². The number of anilines is 1. The van der Waals surface area contributed by atoms with Crippen molar-refractivity contribution in [2.75, 3.05) is 25.0 Å². The zero-order valence-corrected chi connectivity index (χ0v) is 13.7. The number of carbonyl (C=O) groups is 2. The second-order valence-corrected chi connectivity index (χ2v) is 6.57. The standard InChI is InChI=1S/C17H19N3O2S/c1-12-4-6-13(7-5-12)19-15(21)11-20-9-8-18-17(22)16(20)14-3-2-10-23-14/h2-7,10,16H,8-9,11H2,1H3,(H,18,22)(H,19,21)/t16-/m0/s1. The predicted octanol–water partition coefficient (Wildman–Crippen LogP) is 2.17. The van der Waals surface area contributed by atoms with Crippen LogP contribution in [-0.2, 0) is 9.59 Å². The first-order valence-corrected chi connectivity index (χ1v) is 8.43. The van der Waals surface area contributed by atoms with E-state index in [0.29, 0.717) is 13.1 Å². The zero-order chi connectivity index (χ0) is 16.2. The lowest BCUT2D eigenvalue weighted by Gasteiger charge is -2.33. The zero-order valence-electron chi connectivity index (χ0n) is 12.9. The number of hydrogen-bond donors (Lipinski definition) is 2. The van der Waals surface area contributed by atoms with Crippen molar-refractivity contribution in [2.24, 2.45) is 0 Å². The second-order valence-electron chi connectivity index (χ2n) is 5.59. The highest BCUT2D eigenvalue weighted by atomic mass is 32.1. The molecule has 2 amide bonds. The van der Waals surface area contributed by atoms with E-state index in [1.807, 2.05) is 53.6 Å². The van der Waals surface area contributed by atoms with Gasteiger partial charge >= 0.3 is 0 Å². The molecular weight excluding hydrogens is 310 g/mol. The van der Waals surface area contributed by atoms with Gasteiger partial charge in [0.05, 0.1) is 6.54 Å². The minimum Gasteiger partial charge on any atom is -0.353 e. The van der Waals surface area contributed by atoms with Crippen LogP contribution in [-0.4, -0.2) is 36.3 Å². The van der Waals surface area contributed by atoms with E-state index in [1.54, 1.807) is 0 Å². The summed E-state index contributed by atoms with van der Waals surface area (Å²) in [6, 6.07) is 11.2. The van der Waals surface area contributed by atoms with Crippen LogP contribution in [0, 0.1) is 6.92 Å². The third-order valence-electron chi connectivity index (χ3n) is 3.81. The summed E-state index contributed by atoms with van der Waals surface area (Å²) in [5.41, 5.74) is 1.92. The molecule has 5 nitrogen and oxygen atoms in total. The first-order chi connectivity index (χ1) is 11.1. The molecule has 1 aliphatic rings. The molecule has 0 unspecified atom stereocenters. The van der Waals surface area contributed by atoms with Crippen LogP contribution >= 0.6 is 11.3 Å². The summed E-state index contributed by atoms with van der Waals surface area (Å²) in [5, 5.41) is 7.71. The number of nitrogens with zero attached hydrogens (tertiary/aromatic N) is 1. The van der Waals surface area contributed by atoms with E-state index < -0.39 is 0 Å². The summed E-state index contributed by atoms with van der Waals surface area (Å²) >= 11 is 1.54. The summed E-state index contributed by atoms with van der Waals surface area (Å²) in [7, 11) is 0. The fourth-order valence-corrected chi connectivity index (χ4v) is 3.52. The Morgan fingerprint density at radius 1 is 1.35 bits per heavy atom. The lowest BCUT2D eigenvalue weighted by Crippen LogP contribution is -2.51. The molecule has 0 aliphatic carbocycles. The lowest BCUT2D eigenvalue weighted by atomic mass is 10.1. The van der Waals surface area contributed by atoms with Crippen LogP contribution in [0.2, 0.25) is 0 Å². The fraction of sp³-hybridized carbons (Fsp3) is 0.294. The number of nitrogens with one attached hydrogen (secondary N) is 2. The van der Waals surface area contributed by atoms with Crippen LogP contribution in [0.1, 0.15) is 16.5 Å². The Balaban J connectivity index is 1.68. The molecule has 0 radical (unpaired) electrons. The highest BCUT2D eigenvalue weighted by Gasteiger charge is 2.32. The molecule has 0 saturated carbocycles. The largest absolute Gasteiger partial charge is 0.353 e. The number of carbonyl (C=O) groups excluding carboxylic acids is 2. The fourth-order valence-electron chi connectivity index (χ4n) is 2.66. The maximum atomic E-state index is 12.3. The van der Waals surface area contributed by atoms with Crippen molar-refractivity contribution in [3.63, 3.8) is 0 Å². The van der Waals surface area contributed by atoms with Gasteiger partial charge in [-0.05, 0) is 30.5 Å². The molecule has 1 aromatic heterocycles. The number of rotatable bonds is 4. The van der Waals surface area contributed by atoms with E-state index in [-0.39, 0.29) is 24.4 Å². The Morgan fingerprint density at radius 2 is 2.13 bits per heavy atom. The number of hydrogen-bond acceptors (Lipinski definition) is 4. The van der Waals surface area contributed by atoms with E-state index in [0.717, 1.165) is 16.1 Å². The van der Waals surface area contributed by atoms with Crippen molar-refractivity contribution in [1.29, 1.82) is 0 Å². The molecule has 6 heteroatoms. The van der Waals surface area contributed by atoms with Crippen molar-refractivity contribution in [1.82, 2.24) is 10.2 Å². The summed E-state index contributed by atoms with van der Waals surface area (Å²) < 4.78 is 0. The first kappa shape index (κ1) is 15.7. The molecule has 1 fully saturated rings. The number of amides is 2. The van der Waals surface area contributed by atoms with E-state index in [4.69, 9.17) is 0 Å². The molecular formula is C17H19N3O2S. The average Bonchev–Trinajstić information content (AvgIpc) is 3.03. The van der Waals surface area contributed by atoms with Crippen molar-refractivity contribution < 1.29 is 9.59 Å². The van der Waals surface area contributed by atoms with Crippen LogP contribution in [0.4, 0.5) is 5.69 Å². The van der Waals surface area contributed by atoms with Gasteiger partial charge in [-0.1, -0.05) is 23.8 Å². The first-order valence-electron chi connectivity index (χ1n) is 7.55. The third-order valence-corrected chi connectivity index (χ3v) is 4.73. The van der Waals surface area contributed by atoms with Crippen LogP contribution in [0.15, 0.2) is 41.8 Å². The van der Waals surface area contributed by atoms with Gasteiger partial charge in [-0.15, -0.1) is 11.3 Å². The van der Waals surface area contributed by atoms with Gasteiger partial charge in [0.25, 0.3) is 0 Å². The van der Waals surface area contributed by atoms with Crippen molar-refractivity contribution in [2.45, 2.75) is 13.0 Å². The molecule has 2 aromatic rings. The van der Waals surface area contributed by atoms with E-state index >= 15 is 0 Å². The van der Waals surface area contributed by atoms with Gasteiger partial charge in [0.15, 0.2) is 0 Å². The number of piperazine rings is 1. The van der Waals surface area contributed by atoms with Gasteiger partial charge < -0.3 is 10.6 Å². The Morgan fingerprint density at radius 3 is 2.83 bits per heavy atom. The van der Waals surface area contributed by atoms with Crippen LogP contribution < -0.4 is 10.6 Å². The lowest BCUT2D eigenvalue weighted by molar-refractivity contribution is -0.130. The quantitative estimate of drug-likeness (QED) is 0.904. The Labute approximate surface area is 139 Å². The predicted molar refractivity (Wildman–Crippen MR) is 91.5 cm³/mol. The molecule has 1 aliphatic heterocycles. The van der Waals surface area contributed by atoms with Gasteiger partial charge in [0.2, 0.25) is 11.8 Å². The Hall–Kier alpha value is -2.18. The summed E-state index contributed by atoms with van der Waals surface area (Å²) in [6.07, 6.45) is 0. The monoisotopic (exact) mass is 329 g/mol. The minimum atomic E-state index is -0.382. The van der Waals surface area contributed by atoms with Crippen LogP contribution in [0.25, 0.3) is 0 Å². The van der Waals surface area contributed by atoms with Crippen LogP contribution in [0.3, 0.4) is 0 Å². The Kier molecular flexibility index (Phi) is 4.73. The van der Waals surface area contributed by atoms with Crippen molar-refractivity contribution in [3.8, 4) is 0 Å². The maximum absolute atomic E-state index is 12.3. The SMILES string of the molecule is Cc1ccc(NC(=O)CN2CCNC(=O)[C@@H]2c2cccs2)cc1. The summed E-state index contributed by atoms with van der Waals surface area (Å²) in [6.45, 7) is 3.43. The molecule has 1 atom stereocenters. The molecule has 3 rings (SSSR count). The number of thiophene rings is 1. The highest BCUT2D eigenvalue weighted by molar-refractivity contribution is 7.10. The van der Waals surface area contributed by atoms with E-state index in [2.05, 4.69) is 10.6 Å². The number of benzene rings is 1. The molecule has 1 aromatic carbocycles. The van der Waals surface area contributed by atoms with Gasteiger partial charge in [-0.25, -0.2) is 0 Å². The second kappa shape index (κ2) is 6.93. The Bertz CT molecular complexity index is 682. The van der Waals surface area contributed by atoms with E-state index in [9.17, 15) is 9.59 Å². The molecule has 1 saturated heterocycles. The summed E-state index contributed by atoms with van der Waals surface area (Å²) in [4.78, 5) is 27.4. The molecule has 2 heterocycles. The van der Waals surface area contributed by atoms with Gasteiger partial charge in [-0.3, -0.25) is 14.5 Å². The molecule has 23 heavy (non-hydrogen) atoms. The molecule has 2 N–H and O–H groups in total.